The van der Waals surface area contributed by atoms with Gasteiger partial charge in [-0.2, -0.15) is 0 Å². The summed E-state index contributed by atoms with van der Waals surface area (Å²) in [5.41, 5.74) is 1.36. The zero-order valence-electron chi connectivity index (χ0n) is 12.1. The molecule has 0 saturated heterocycles. The molecule has 2 heteroatoms. The molecule has 0 saturated carbocycles. The highest BCUT2D eigenvalue weighted by Gasteiger charge is 2.06. The summed E-state index contributed by atoms with van der Waals surface area (Å²) in [5, 5.41) is 3.69. The monoisotopic (exact) mass is 334 g/mol. The van der Waals surface area contributed by atoms with Gasteiger partial charge in [-0.05, 0) is 42.0 Å². The van der Waals surface area contributed by atoms with Crippen LogP contribution >= 0.6 is 15.9 Å². The Hall–Kier alpha value is -0.860. The maximum Gasteiger partial charge on any atom is 0.0573 e. The first-order chi connectivity index (χ1) is 9.83. The van der Waals surface area contributed by atoms with Gasteiger partial charge in [0.05, 0.1) is 12.7 Å². The van der Waals surface area contributed by atoms with E-state index >= 15 is 0 Å². The largest absolute Gasteiger partial charge is 0.378 e. The van der Waals surface area contributed by atoms with Crippen molar-refractivity contribution in [3.05, 3.63) is 48.0 Å². The minimum Gasteiger partial charge on any atom is -0.378 e. The average molecular weight is 335 g/mol. The highest BCUT2D eigenvalue weighted by Crippen LogP contribution is 2.16. The van der Waals surface area contributed by atoms with E-state index in [1.54, 1.807) is 0 Å². The molecule has 0 bridgehead atoms. The van der Waals surface area contributed by atoms with Crippen LogP contribution in [0.2, 0.25) is 0 Å². The summed E-state index contributed by atoms with van der Waals surface area (Å²) in [5.74, 6) is 0. The van der Waals surface area contributed by atoms with Crippen LogP contribution in [0.1, 0.15) is 31.7 Å². The fourth-order valence-corrected chi connectivity index (χ4v) is 2.77. The van der Waals surface area contributed by atoms with E-state index in [9.17, 15) is 0 Å². The van der Waals surface area contributed by atoms with Gasteiger partial charge in [0.2, 0.25) is 0 Å². The Balaban J connectivity index is 1.85. The second-order valence-electron chi connectivity index (χ2n) is 5.16. The van der Waals surface area contributed by atoms with Gasteiger partial charge in [0.1, 0.15) is 0 Å². The molecule has 2 aromatic carbocycles. The van der Waals surface area contributed by atoms with Gasteiger partial charge < -0.3 is 4.74 Å². The van der Waals surface area contributed by atoms with Gasteiger partial charge in [0, 0.05) is 5.33 Å². The van der Waals surface area contributed by atoms with Crippen molar-refractivity contribution >= 4 is 26.7 Å². The Kier molecular flexibility index (Phi) is 6.55. The molecule has 1 unspecified atom stereocenters. The van der Waals surface area contributed by atoms with Crippen molar-refractivity contribution in [2.24, 2.45) is 0 Å². The normalized spacial score (nSPS) is 12.7. The third-order valence-electron chi connectivity index (χ3n) is 3.67. The highest BCUT2D eigenvalue weighted by molar-refractivity contribution is 9.09. The van der Waals surface area contributed by atoms with Crippen molar-refractivity contribution < 1.29 is 4.74 Å². The fourth-order valence-electron chi connectivity index (χ4n) is 2.45. The van der Waals surface area contributed by atoms with Crippen LogP contribution in [0.5, 0.6) is 0 Å². The Bertz CT molecular complexity index is 524. The second kappa shape index (κ2) is 8.43. The number of fused-ring (bicyclic) bond motifs is 1. The Labute approximate surface area is 130 Å². The first-order valence-corrected chi connectivity index (χ1v) is 8.61. The van der Waals surface area contributed by atoms with Crippen LogP contribution < -0.4 is 0 Å². The lowest BCUT2D eigenvalue weighted by Gasteiger charge is -2.15. The Morgan fingerprint density at radius 3 is 2.65 bits per heavy atom. The summed E-state index contributed by atoms with van der Waals surface area (Å²) < 4.78 is 5.99. The van der Waals surface area contributed by atoms with Crippen molar-refractivity contribution in [2.45, 2.75) is 38.7 Å². The van der Waals surface area contributed by atoms with Crippen molar-refractivity contribution in [1.82, 2.24) is 0 Å². The quantitative estimate of drug-likeness (QED) is 0.591. The third kappa shape index (κ3) is 4.60. The molecule has 0 aliphatic carbocycles. The number of hydrogen-bond donors (Lipinski definition) is 0. The number of alkyl halides is 1. The first-order valence-electron chi connectivity index (χ1n) is 7.48. The number of rotatable bonds is 8. The standard InChI is InChI=1S/C18H23BrO/c1-2-18(8-5-12-19)20-13-11-15-9-10-16-6-3-4-7-17(16)14-15/h3-4,6-7,9-10,14,18H,2,5,8,11-13H2,1H3. The van der Waals surface area contributed by atoms with Gasteiger partial charge in [0.25, 0.3) is 0 Å². The number of ether oxygens (including phenoxy) is 1. The molecule has 1 atom stereocenters. The van der Waals surface area contributed by atoms with E-state index < -0.39 is 0 Å². The molecule has 0 amide bonds. The molecule has 108 valence electrons. The summed E-state index contributed by atoms with van der Waals surface area (Å²) in [6, 6.07) is 15.2. The third-order valence-corrected chi connectivity index (χ3v) is 4.23. The lowest BCUT2D eigenvalue weighted by atomic mass is 10.1. The zero-order valence-corrected chi connectivity index (χ0v) is 13.7. The van der Waals surface area contributed by atoms with Crippen LogP contribution in [-0.4, -0.2) is 18.0 Å². The van der Waals surface area contributed by atoms with Gasteiger partial charge in [0.15, 0.2) is 0 Å². The molecule has 20 heavy (non-hydrogen) atoms. The molecule has 0 fully saturated rings. The van der Waals surface area contributed by atoms with Crippen molar-refractivity contribution in [1.29, 1.82) is 0 Å². The first kappa shape index (κ1) is 15.5. The number of halogens is 1. The van der Waals surface area contributed by atoms with Gasteiger partial charge in [-0.3, -0.25) is 0 Å². The Morgan fingerprint density at radius 2 is 1.90 bits per heavy atom. The van der Waals surface area contributed by atoms with Gasteiger partial charge in [-0.15, -0.1) is 0 Å². The van der Waals surface area contributed by atoms with Crippen LogP contribution in [0.15, 0.2) is 42.5 Å². The van der Waals surface area contributed by atoms with Crippen LogP contribution in [0.4, 0.5) is 0 Å². The average Bonchev–Trinajstić information content (AvgIpc) is 2.50. The van der Waals surface area contributed by atoms with Crippen molar-refractivity contribution in [2.75, 3.05) is 11.9 Å². The minimum atomic E-state index is 0.410. The lowest BCUT2D eigenvalue weighted by molar-refractivity contribution is 0.0468. The van der Waals surface area contributed by atoms with E-state index in [2.05, 4.69) is 65.3 Å². The number of hydrogen-bond acceptors (Lipinski definition) is 1. The van der Waals surface area contributed by atoms with Gasteiger partial charge >= 0.3 is 0 Å². The molecule has 0 heterocycles. The van der Waals surface area contributed by atoms with E-state index in [1.165, 1.54) is 22.8 Å². The molecular weight excluding hydrogens is 312 g/mol. The topological polar surface area (TPSA) is 9.23 Å². The molecule has 0 aliphatic heterocycles. The molecule has 0 spiro atoms. The summed E-state index contributed by atoms with van der Waals surface area (Å²) in [6.45, 7) is 3.02. The second-order valence-corrected chi connectivity index (χ2v) is 5.96. The molecule has 0 aliphatic rings. The van der Waals surface area contributed by atoms with E-state index in [0.29, 0.717) is 6.10 Å². The fraction of sp³-hybridized carbons (Fsp3) is 0.444. The van der Waals surface area contributed by atoms with Crippen molar-refractivity contribution in [3.63, 3.8) is 0 Å². The van der Waals surface area contributed by atoms with Crippen LogP contribution in [0, 0.1) is 0 Å². The summed E-state index contributed by atoms with van der Waals surface area (Å²) >= 11 is 3.48. The predicted molar refractivity (Wildman–Crippen MR) is 90.7 cm³/mol. The van der Waals surface area contributed by atoms with E-state index in [0.717, 1.165) is 31.2 Å². The van der Waals surface area contributed by atoms with Gasteiger partial charge in [-0.25, -0.2) is 0 Å². The smallest absolute Gasteiger partial charge is 0.0573 e. The van der Waals surface area contributed by atoms with Crippen LogP contribution in [0.25, 0.3) is 10.8 Å². The van der Waals surface area contributed by atoms with E-state index in [-0.39, 0.29) is 0 Å². The van der Waals surface area contributed by atoms with Gasteiger partial charge in [-0.1, -0.05) is 65.3 Å². The maximum absolute atomic E-state index is 5.99. The van der Waals surface area contributed by atoms with E-state index in [4.69, 9.17) is 4.74 Å². The molecule has 1 nitrogen and oxygen atoms in total. The maximum atomic E-state index is 5.99. The summed E-state index contributed by atoms with van der Waals surface area (Å²) in [6.07, 6.45) is 4.85. The summed E-state index contributed by atoms with van der Waals surface area (Å²) in [4.78, 5) is 0. The molecule has 0 N–H and O–H groups in total. The SMILES string of the molecule is CCC(CCCBr)OCCc1ccc2ccccc2c1. The molecule has 2 aromatic rings. The summed E-state index contributed by atoms with van der Waals surface area (Å²) in [7, 11) is 0. The highest BCUT2D eigenvalue weighted by atomic mass is 79.9. The predicted octanol–water partition coefficient (Wildman–Crippen LogP) is 5.35. The molecule has 2 rings (SSSR count). The molecule has 0 aromatic heterocycles. The molecule has 0 radical (unpaired) electrons. The van der Waals surface area contributed by atoms with Crippen LogP contribution in [-0.2, 0) is 11.2 Å². The van der Waals surface area contributed by atoms with E-state index in [1.807, 2.05) is 0 Å². The lowest BCUT2D eigenvalue weighted by Crippen LogP contribution is -2.14. The van der Waals surface area contributed by atoms with Crippen LogP contribution in [0.3, 0.4) is 0 Å². The van der Waals surface area contributed by atoms with Crippen molar-refractivity contribution in [3.8, 4) is 0 Å². The Morgan fingerprint density at radius 1 is 1.10 bits per heavy atom. The molecular formula is C18H23BrO. The zero-order chi connectivity index (χ0) is 14.2. The minimum absolute atomic E-state index is 0.410. The number of benzene rings is 2.